The molecule has 7 heteroatoms. The maximum absolute atomic E-state index is 12.8. The number of aromatic nitrogens is 3. The van der Waals surface area contributed by atoms with E-state index < -0.39 is 0 Å². The van der Waals surface area contributed by atoms with Crippen molar-refractivity contribution in [3.63, 3.8) is 0 Å². The molecule has 0 bridgehead atoms. The van der Waals surface area contributed by atoms with Gasteiger partial charge in [-0.05, 0) is 50.7 Å². The minimum absolute atomic E-state index is 0.255. The third kappa shape index (κ3) is 5.70. The van der Waals surface area contributed by atoms with Gasteiger partial charge in [0, 0.05) is 18.7 Å². The third-order valence-electron chi connectivity index (χ3n) is 5.33. The molecule has 31 heavy (non-hydrogen) atoms. The number of para-hydroxylation sites is 1. The van der Waals surface area contributed by atoms with Crippen LogP contribution in [0.1, 0.15) is 41.2 Å². The van der Waals surface area contributed by atoms with Crippen LogP contribution >= 0.6 is 0 Å². The highest BCUT2D eigenvalue weighted by Crippen LogP contribution is 2.18. The Morgan fingerprint density at radius 3 is 2.61 bits per heavy atom. The van der Waals surface area contributed by atoms with E-state index in [1.807, 2.05) is 62.4 Å². The van der Waals surface area contributed by atoms with Crippen LogP contribution in [0.25, 0.3) is 5.69 Å². The predicted octanol–water partition coefficient (Wildman–Crippen LogP) is 3.53. The van der Waals surface area contributed by atoms with Gasteiger partial charge in [0.05, 0.1) is 11.4 Å². The Morgan fingerprint density at radius 2 is 1.87 bits per heavy atom. The summed E-state index contributed by atoms with van der Waals surface area (Å²) in [4.78, 5) is 15.1. The first-order valence-corrected chi connectivity index (χ1v) is 10.7. The number of nitrogens with one attached hydrogen (secondary N) is 1. The Bertz CT molecular complexity index is 1010. The number of ether oxygens (including phenoxy) is 1. The minimum Gasteiger partial charge on any atom is -0.492 e. The summed E-state index contributed by atoms with van der Waals surface area (Å²) in [5.41, 5.74) is 3.96. The quantitative estimate of drug-likeness (QED) is 0.542. The Kier molecular flexibility index (Phi) is 7.78. The number of hydrogen-bond donors (Lipinski definition) is 1. The van der Waals surface area contributed by atoms with Crippen molar-refractivity contribution < 1.29 is 9.53 Å². The van der Waals surface area contributed by atoms with Crippen molar-refractivity contribution in [2.75, 3.05) is 26.2 Å². The largest absolute Gasteiger partial charge is 0.492 e. The van der Waals surface area contributed by atoms with Crippen molar-refractivity contribution in [3.8, 4) is 11.4 Å². The van der Waals surface area contributed by atoms with Crippen LogP contribution in [0.15, 0.2) is 48.5 Å². The maximum atomic E-state index is 12.8. The normalized spacial score (nSPS) is 11.0. The van der Waals surface area contributed by atoms with E-state index in [1.54, 1.807) is 4.68 Å². The molecule has 0 fully saturated rings. The number of hydrogen-bond acceptors (Lipinski definition) is 5. The Morgan fingerprint density at radius 1 is 1.10 bits per heavy atom. The lowest BCUT2D eigenvalue weighted by Gasteiger charge is -2.19. The van der Waals surface area contributed by atoms with E-state index >= 15 is 0 Å². The summed E-state index contributed by atoms with van der Waals surface area (Å²) in [6.07, 6.45) is 0. The highest BCUT2D eigenvalue weighted by Gasteiger charge is 2.17. The van der Waals surface area contributed by atoms with Crippen LogP contribution in [0.2, 0.25) is 0 Å². The third-order valence-corrected chi connectivity index (χ3v) is 5.33. The minimum atomic E-state index is -0.255. The molecule has 1 heterocycles. The first-order chi connectivity index (χ1) is 15.0. The van der Waals surface area contributed by atoms with Crippen LogP contribution in [0.4, 0.5) is 0 Å². The Labute approximate surface area is 184 Å². The van der Waals surface area contributed by atoms with Crippen molar-refractivity contribution in [3.05, 3.63) is 71.0 Å². The highest BCUT2D eigenvalue weighted by molar-refractivity contribution is 5.93. The Hall–Kier alpha value is -3.19. The monoisotopic (exact) mass is 421 g/mol. The molecule has 3 rings (SSSR count). The molecule has 0 saturated heterocycles. The molecule has 0 radical (unpaired) electrons. The molecule has 3 aromatic rings. The van der Waals surface area contributed by atoms with Gasteiger partial charge in [-0.3, -0.25) is 4.79 Å². The lowest BCUT2D eigenvalue weighted by Crippen LogP contribution is -2.28. The molecule has 0 spiro atoms. The van der Waals surface area contributed by atoms with Gasteiger partial charge in [-0.2, -0.15) is 0 Å². The van der Waals surface area contributed by atoms with Gasteiger partial charge >= 0.3 is 0 Å². The topological polar surface area (TPSA) is 72.3 Å². The second-order valence-corrected chi connectivity index (χ2v) is 7.44. The van der Waals surface area contributed by atoms with E-state index in [0.717, 1.165) is 42.2 Å². The molecule has 0 saturated carbocycles. The van der Waals surface area contributed by atoms with Gasteiger partial charge in [-0.15, -0.1) is 5.10 Å². The number of benzene rings is 2. The van der Waals surface area contributed by atoms with E-state index in [1.165, 1.54) is 0 Å². The first kappa shape index (κ1) is 22.5. The van der Waals surface area contributed by atoms with Crippen molar-refractivity contribution in [1.82, 2.24) is 25.2 Å². The van der Waals surface area contributed by atoms with Crippen LogP contribution < -0.4 is 10.1 Å². The summed E-state index contributed by atoms with van der Waals surface area (Å²) in [6, 6.07) is 15.7. The molecule has 0 atom stereocenters. The van der Waals surface area contributed by atoms with Gasteiger partial charge in [0.2, 0.25) is 0 Å². The fourth-order valence-electron chi connectivity index (χ4n) is 3.42. The number of carbonyl (C=O) groups is 1. The lowest BCUT2D eigenvalue weighted by molar-refractivity contribution is 0.0945. The summed E-state index contributed by atoms with van der Waals surface area (Å²) in [5, 5.41) is 11.2. The van der Waals surface area contributed by atoms with E-state index in [-0.39, 0.29) is 5.91 Å². The predicted molar refractivity (Wildman–Crippen MR) is 122 cm³/mol. The van der Waals surface area contributed by atoms with E-state index in [2.05, 4.69) is 34.4 Å². The van der Waals surface area contributed by atoms with Crippen molar-refractivity contribution in [2.24, 2.45) is 0 Å². The first-order valence-electron chi connectivity index (χ1n) is 10.7. The van der Waals surface area contributed by atoms with Gasteiger partial charge in [0.1, 0.15) is 12.4 Å². The summed E-state index contributed by atoms with van der Waals surface area (Å²) in [6.45, 7) is 12.0. The van der Waals surface area contributed by atoms with E-state index in [0.29, 0.717) is 24.5 Å². The molecule has 1 amide bonds. The summed E-state index contributed by atoms with van der Waals surface area (Å²) < 4.78 is 7.67. The molecule has 0 aliphatic rings. The molecular formula is C24H31N5O2. The molecule has 7 nitrogen and oxygen atoms in total. The number of nitrogens with zero attached hydrogens (tertiary/aromatic N) is 4. The fourth-order valence-corrected chi connectivity index (χ4v) is 3.42. The van der Waals surface area contributed by atoms with Crippen molar-refractivity contribution in [2.45, 2.75) is 34.2 Å². The summed E-state index contributed by atoms with van der Waals surface area (Å²) in [5.74, 6) is 0.532. The molecule has 0 unspecified atom stereocenters. The molecule has 1 N–H and O–H groups in total. The van der Waals surface area contributed by atoms with Crippen LogP contribution in [-0.2, 0) is 6.54 Å². The highest BCUT2D eigenvalue weighted by atomic mass is 16.5. The van der Waals surface area contributed by atoms with Crippen LogP contribution in [0.5, 0.6) is 5.75 Å². The van der Waals surface area contributed by atoms with Crippen molar-refractivity contribution >= 4 is 5.91 Å². The van der Waals surface area contributed by atoms with E-state index in [4.69, 9.17) is 4.74 Å². The number of likely N-dealkylation sites (N-methyl/N-ethyl adjacent to an activating group) is 1. The number of amides is 1. The van der Waals surface area contributed by atoms with Gasteiger partial charge in [-0.25, -0.2) is 4.68 Å². The van der Waals surface area contributed by atoms with Crippen LogP contribution in [0.3, 0.4) is 0 Å². The molecular weight excluding hydrogens is 390 g/mol. The molecule has 2 aromatic carbocycles. The molecule has 0 aliphatic heterocycles. The zero-order chi connectivity index (χ0) is 22.2. The smallest absolute Gasteiger partial charge is 0.274 e. The van der Waals surface area contributed by atoms with E-state index in [9.17, 15) is 4.79 Å². The fraction of sp³-hybridized carbons (Fsp3) is 0.375. The van der Waals surface area contributed by atoms with Gasteiger partial charge in [-0.1, -0.05) is 49.4 Å². The molecule has 1 aromatic heterocycles. The number of aryl methyl sites for hydroxylation is 1. The summed E-state index contributed by atoms with van der Waals surface area (Å²) >= 11 is 0. The standard InChI is InChI=1S/C24H31N5O2/c1-5-28(6-2)14-15-31-22-13-8-7-11-20(22)17-25-24(30)23-19(4)29(27-26-23)21-12-9-10-18(3)16-21/h7-13,16H,5-6,14-15,17H2,1-4H3,(H,25,30). The molecule has 164 valence electrons. The average molecular weight is 422 g/mol. The van der Waals surface area contributed by atoms with Gasteiger partial charge < -0.3 is 15.0 Å². The van der Waals surface area contributed by atoms with Gasteiger partial charge in [0.15, 0.2) is 5.69 Å². The number of carbonyl (C=O) groups excluding carboxylic acids is 1. The molecule has 0 aliphatic carbocycles. The average Bonchev–Trinajstić information content (AvgIpc) is 3.17. The maximum Gasteiger partial charge on any atom is 0.274 e. The second kappa shape index (κ2) is 10.7. The van der Waals surface area contributed by atoms with Crippen molar-refractivity contribution in [1.29, 1.82) is 0 Å². The Balaban J connectivity index is 1.64. The summed E-state index contributed by atoms with van der Waals surface area (Å²) in [7, 11) is 0. The number of rotatable bonds is 10. The lowest BCUT2D eigenvalue weighted by atomic mass is 10.2. The van der Waals surface area contributed by atoms with Crippen LogP contribution in [0, 0.1) is 13.8 Å². The second-order valence-electron chi connectivity index (χ2n) is 7.44. The van der Waals surface area contributed by atoms with Crippen LogP contribution in [-0.4, -0.2) is 52.0 Å². The zero-order valence-corrected chi connectivity index (χ0v) is 18.8. The SMILES string of the molecule is CCN(CC)CCOc1ccccc1CNC(=O)c1nnn(-c2cccc(C)c2)c1C. The zero-order valence-electron chi connectivity index (χ0n) is 18.8. The van der Waals surface area contributed by atoms with Gasteiger partial charge in [0.25, 0.3) is 5.91 Å².